The molecule has 0 spiro atoms. The lowest BCUT2D eigenvalue weighted by atomic mass is 10.2. The molecule has 2 N–H and O–H groups in total. The number of ether oxygens (including phenoxy) is 2. The van der Waals surface area contributed by atoms with Crippen LogP contribution in [0.15, 0.2) is 48.5 Å². The van der Waals surface area contributed by atoms with Crippen molar-refractivity contribution in [3.05, 3.63) is 54.3 Å². The summed E-state index contributed by atoms with van der Waals surface area (Å²) in [5.41, 5.74) is 5.70. The Morgan fingerprint density at radius 3 is 2.52 bits per heavy atom. The van der Waals surface area contributed by atoms with Crippen molar-refractivity contribution in [2.75, 3.05) is 4.31 Å². The van der Waals surface area contributed by atoms with E-state index in [1.807, 2.05) is 0 Å². The molecule has 0 bridgehead atoms. The highest BCUT2D eigenvalue weighted by molar-refractivity contribution is 7.82. The molecule has 0 aliphatic rings. The normalized spacial score (nSPS) is 11.6. The molecule has 0 fully saturated rings. The minimum absolute atomic E-state index is 0.327. The van der Waals surface area contributed by atoms with E-state index in [9.17, 15) is 9.18 Å². The van der Waals surface area contributed by atoms with Gasteiger partial charge in [0.05, 0.1) is 5.69 Å². The number of primary amides is 1. The molecule has 5 nitrogen and oxygen atoms in total. The SMILES string of the molecule is CCCCC(Oc1ccc(F)cc1)Oc1cccc(N(S)C(N)=O)c1. The molecule has 1 unspecified atom stereocenters. The Hall–Kier alpha value is -2.41. The number of urea groups is 1. The van der Waals surface area contributed by atoms with Crippen LogP contribution in [0.1, 0.15) is 26.2 Å². The minimum atomic E-state index is -0.689. The van der Waals surface area contributed by atoms with Gasteiger partial charge in [0.15, 0.2) is 0 Å². The quantitative estimate of drug-likeness (QED) is 0.534. The van der Waals surface area contributed by atoms with Gasteiger partial charge < -0.3 is 15.2 Å². The van der Waals surface area contributed by atoms with Gasteiger partial charge in [-0.05, 0) is 42.8 Å². The predicted octanol–water partition coefficient (Wildman–Crippen LogP) is 4.53. The Balaban J connectivity index is 2.11. The average molecular weight is 364 g/mol. The van der Waals surface area contributed by atoms with Gasteiger partial charge in [-0.1, -0.05) is 32.2 Å². The third-order valence-electron chi connectivity index (χ3n) is 3.41. The van der Waals surface area contributed by atoms with Crippen molar-refractivity contribution >= 4 is 24.5 Å². The summed E-state index contributed by atoms with van der Waals surface area (Å²) in [6.45, 7) is 2.07. The van der Waals surface area contributed by atoms with Crippen LogP contribution in [-0.2, 0) is 0 Å². The number of unbranched alkanes of at least 4 members (excludes halogenated alkanes) is 1. The van der Waals surface area contributed by atoms with Crippen LogP contribution in [0.3, 0.4) is 0 Å². The van der Waals surface area contributed by atoms with Crippen LogP contribution in [0, 0.1) is 5.82 Å². The molecule has 1 atom stereocenters. The van der Waals surface area contributed by atoms with Gasteiger partial charge in [0.2, 0.25) is 6.29 Å². The Labute approximate surface area is 152 Å². The molecule has 2 amide bonds. The number of anilines is 1. The summed E-state index contributed by atoms with van der Waals surface area (Å²) in [7, 11) is 0. The first kappa shape index (κ1) is 18.9. The van der Waals surface area contributed by atoms with E-state index in [0.29, 0.717) is 23.6 Å². The van der Waals surface area contributed by atoms with Crippen molar-refractivity contribution < 1.29 is 18.7 Å². The topological polar surface area (TPSA) is 64.8 Å². The number of amides is 2. The Morgan fingerprint density at radius 2 is 1.88 bits per heavy atom. The standard InChI is InChI=1S/C18H21FN2O3S/c1-2-3-7-17(23-15-10-8-13(19)9-11-15)24-16-6-4-5-14(12-16)21(25)18(20)22/h4-6,8-12,17,25H,2-3,7H2,1H3,(H2,20,22). The van der Waals surface area contributed by atoms with Crippen LogP contribution in [-0.4, -0.2) is 12.3 Å². The van der Waals surface area contributed by atoms with Crippen molar-refractivity contribution in [3.8, 4) is 11.5 Å². The molecule has 0 heterocycles. The zero-order chi connectivity index (χ0) is 18.2. The number of hydrogen-bond donors (Lipinski definition) is 2. The smallest absolute Gasteiger partial charge is 0.329 e. The Morgan fingerprint density at radius 1 is 1.20 bits per heavy atom. The number of carbonyl (C=O) groups is 1. The monoisotopic (exact) mass is 364 g/mol. The lowest BCUT2D eigenvalue weighted by Crippen LogP contribution is -2.27. The number of rotatable bonds is 8. The molecule has 7 heteroatoms. The number of carbonyl (C=O) groups excluding carboxylic acids is 1. The maximum Gasteiger partial charge on any atom is 0.329 e. The van der Waals surface area contributed by atoms with Crippen LogP contribution in [0.25, 0.3) is 0 Å². The molecular weight excluding hydrogens is 343 g/mol. The summed E-state index contributed by atoms with van der Waals surface area (Å²) in [4.78, 5) is 11.2. The van der Waals surface area contributed by atoms with Crippen molar-refractivity contribution in [2.24, 2.45) is 5.73 Å². The molecule has 0 aliphatic heterocycles. The van der Waals surface area contributed by atoms with Gasteiger partial charge in [-0.3, -0.25) is 0 Å². The van der Waals surface area contributed by atoms with Gasteiger partial charge in [-0.2, -0.15) is 0 Å². The van der Waals surface area contributed by atoms with Gasteiger partial charge in [-0.15, -0.1) is 0 Å². The molecule has 0 aromatic heterocycles. The van der Waals surface area contributed by atoms with E-state index in [-0.39, 0.29) is 5.82 Å². The Bertz CT molecular complexity index is 697. The Kier molecular flexibility index (Phi) is 6.94. The van der Waals surface area contributed by atoms with E-state index in [2.05, 4.69) is 19.7 Å². The fourth-order valence-electron chi connectivity index (χ4n) is 2.15. The van der Waals surface area contributed by atoms with E-state index in [0.717, 1.165) is 17.1 Å². The largest absolute Gasteiger partial charge is 0.455 e. The van der Waals surface area contributed by atoms with Crippen LogP contribution < -0.4 is 19.5 Å². The number of halogens is 1. The molecule has 0 saturated heterocycles. The minimum Gasteiger partial charge on any atom is -0.455 e. The number of nitrogens with two attached hydrogens (primary N) is 1. The van der Waals surface area contributed by atoms with Crippen molar-refractivity contribution in [2.45, 2.75) is 32.5 Å². The van der Waals surface area contributed by atoms with E-state index in [4.69, 9.17) is 15.2 Å². The van der Waals surface area contributed by atoms with E-state index in [1.165, 1.54) is 12.1 Å². The van der Waals surface area contributed by atoms with Gasteiger partial charge in [0.25, 0.3) is 0 Å². The van der Waals surface area contributed by atoms with Crippen LogP contribution in [0.5, 0.6) is 11.5 Å². The maximum atomic E-state index is 13.0. The molecule has 25 heavy (non-hydrogen) atoms. The van der Waals surface area contributed by atoms with Crippen molar-refractivity contribution in [3.63, 3.8) is 0 Å². The van der Waals surface area contributed by atoms with Crippen molar-refractivity contribution in [1.82, 2.24) is 0 Å². The van der Waals surface area contributed by atoms with Crippen molar-refractivity contribution in [1.29, 1.82) is 0 Å². The zero-order valence-corrected chi connectivity index (χ0v) is 14.8. The number of thiol groups is 1. The first-order valence-corrected chi connectivity index (χ1v) is 8.37. The molecule has 0 radical (unpaired) electrons. The third-order valence-corrected chi connectivity index (χ3v) is 3.84. The average Bonchev–Trinajstić information content (AvgIpc) is 2.61. The third kappa shape index (κ3) is 5.86. The highest BCUT2D eigenvalue weighted by atomic mass is 32.1. The van der Waals surface area contributed by atoms with Gasteiger partial charge >= 0.3 is 6.03 Å². The maximum absolute atomic E-state index is 13.0. The number of nitrogens with zero attached hydrogens (tertiary/aromatic N) is 1. The first-order valence-electron chi connectivity index (χ1n) is 7.97. The van der Waals surface area contributed by atoms with Crippen LogP contribution in [0.4, 0.5) is 14.9 Å². The lowest BCUT2D eigenvalue weighted by Gasteiger charge is -2.21. The first-order chi connectivity index (χ1) is 12.0. The predicted molar refractivity (Wildman–Crippen MR) is 98.5 cm³/mol. The summed E-state index contributed by atoms with van der Waals surface area (Å²) >= 11 is 4.03. The highest BCUT2D eigenvalue weighted by Gasteiger charge is 2.14. The van der Waals surface area contributed by atoms with Gasteiger partial charge in [0, 0.05) is 12.5 Å². The second kappa shape index (κ2) is 9.17. The van der Waals surface area contributed by atoms with Gasteiger partial charge in [0.1, 0.15) is 17.3 Å². The van der Waals surface area contributed by atoms with E-state index < -0.39 is 12.3 Å². The second-order valence-corrected chi connectivity index (χ2v) is 5.81. The molecule has 0 aliphatic carbocycles. The number of benzene rings is 2. The zero-order valence-electron chi connectivity index (χ0n) is 13.9. The molecule has 2 aromatic carbocycles. The molecule has 2 aromatic rings. The molecule has 2 rings (SSSR count). The van der Waals surface area contributed by atoms with E-state index in [1.54, 1.807) is 36.4 Å². The summed E-state index contributed by atoms with van der Waals surface area (Å²) in [6, 6.07) is 11.9. The summed E-state index contributed by atoms with van der Waals surface area (Å²) in [5, 5.41) is 0. The van der Waals surface area contributed by atoms with Crippen LogP contribution in [0.2, 0.25) is 0 Å². The molecule has 134 valence electrons. The van der Waals surface area contributed by atoms with E-state index >= 15 is 0 Å². The number of hydrogen-bond acceptors (Lipinski definition) is 4. The molecular formula is C18H21FN2O3S. The second-order valence-electron chi connectivity index (χ2n) is 5.41. The van der Waals surface area contributed by atoms with Crippen LogP contribution >= 0.6 is 12.8 Å². The summed E-state index contributed by atoms with van der Waals surface area (Å²) in [5.74, 6) is 0.707. The summed E-state index contributed by atoms with van der Waals surface area (Å²) < 4.78 is 25.7. The lowest BCUT2D eigenvalue weighted by molar-refractivity contribution is -0.00212. The molecule has 0 saturated carbocycles. The van der Waals surface area contributed by atoms with Gasteiger partial charge in [-0.25, -0.2) is 13.5 Å². The highest BCUT2D eigenvalue weighted by Crippen LogP contribution is 2.25. The fourth-order valence-corrected chi connectivity index (χ4v) is 2.27. The summed E-state index contributed by atoms with van der Waals surface area (Å²) in [6.07, 6.45) is 2.02. The fraction of sp³-hybridized carbons (Fsp3) is 0.278.